The maximum atomic E-state index is 12.4. The van der Waals surface area contributed by atoms with Crippen LogP contribution in [0, 0.1) is 12.8 Å². The van der Waals surface area contributed by atoms with Crippen LogP contribution in [0.3, 0.4) is 0 Å². The number of aryl methyl sites for hydroxylation is 1. The molecule has 1 heterocycles. The molecule has 0 bridgehead atoms. The van der Waals surface area contributed by atoms with Gasteiger partial charge in [0, 0.05) is 19.3 Å². The number of nitrogens with zero attached hydrogens (tertiary/aromatic N) is 1. The first kappa shape index (κ1) is 16.3. The molecule has 0 aliphatic carbocycles. The van der Waals surface area contributed by atoms with E-state index in [9.17, 15) is 9.59 Å². The van der Waals surface area contributed by atoms with E-state index in [1.165, 1.54) is 7.11 Å². The summed E-state index contributed by atoms with van der Waals surface area (Å²) in [4.78, 5) is 29.0. The molecule has 0 aliphatic rings. The highest BCUT2D eigenvalue weighted by Gasteiger charge is 2.25. The highest BCUT2D eigenvalue weighted by atomic mass is 16.5. The zero-order chi connectivity index (χ0) is 15.4. The Kier molecular flexibility index (Phi) is 5.36. The van der Waals surface area contributed by atoms with Crippen molar-refractivity contribution in [1.82, 2.24) is 9.88 Å². The van der Waals surface area contributed by atoms with Crippen molar-refractivity contribution in [2.75, 3.05) is 20.7 Å². The average Bonchev–Trinajstić information content (AvgIpc) is 2.73. The number of aromatic amines is 1. The largest absolute Gasteiger partial charge is 0.465 e. The standard InChI is InChI=1S/C15H24N2O3/c1-7-11-12(15(19)20-6)10(4)13(16-11)14(18)17(5)8-9(2)3/h9,16H,7-8H2,1-6H3. The number of nitrogens with one attached hydrogen (secondary N) is 1. The van der Waals surface area contributed by atoms with Gasteiger partial charge in [0.25, 0.3) is 5.91 Å². The number of carbonyl (C=O) groups is 2. The Balaban J connectivity index is 3.17. The molecule has 20 heavy (non-hydrogen) atoms. The molecule has 0 atom stereocenters. The van der Waals surface area contributed by atoms with Gasteiger partial charge in [-0.3, -0.25) is 4.79 Å². The lowest BCUT2D eigenvalue weighted by atomic mass is 10.1. The Hall–Kier alpha value is -1.78. The van der Waals surface area contributed by atoms with Crippen LogP contribution in [-0.4, -0.2) is 42.5 Å². The molecule has 0 fully saturated rings. The maximum Gasteiger partial charge on any atom is 0.339 e. The molecule has 1 rings (SSSR count). The highest BCUT2D eigenvalue weighted by Crippen LogP contribution is 2.21. The quantitative estimate of drug-likeness (QED) is 0.842. The van der Waals surface area contributed by atoms with Crippen molar-refractivity contribution in [3.8, 4) is 0 Å². The van der Waals surface area contributed by atoms with Crippen LogP contribution in [-0.2, 0) is 11.2 Å². The van der Waals surface area contributed by atoms with Gasteiger partial charge in [0.15, 0.2) is 0 Å². The molecule has 1 N–H and O–H groups in total. The molecule has 112 valence electrons. The summed E-state index contributed by atoms with van der Waals surface area (Å²) in [7, 11) is 3.12. The fraction of sp³-hybridized carbons (Fsp3) is 0.600. The smallest absolute Gasteiger partial charge is 0.339 e. The lowest BCUT2D eigenvalue weighted by Crippen LogP contribution is -2.31. The van der Waals surface area contributed by atoms with Crippen molar-refractivity contribution in [3.63, 3.8) is 0 Å². The second-order valence-electron chi connectivity index (χ2n) is 5.40. The molecule has 5 heteroatoms. The predicted octanol–water partition coefficient (Wildman–Crippen LogP) is 2.40. The molecule has 0 saturated heterocycles. The van der Waals surface area contributed by atoms with Crippen LogP contribution in [0.25, 0.3) is 0 Å². The van der Waals surface area contributed by atoms with E-state index in [0.717, 1.165) is 5.69 Å². The third kappa shape index (κ3) is 3.21. The van der Waals surface area contributed by atoms with Gasteiger partial charge >= 0.3 is 5.97 Å². The number of carbonyl (C=O) groups excluding carboxylic acids is 2. The Labute approximate surface area is 120 Å². The Bertz CT molecular complexity index is 503. The number of ether oxygens (including phenoxy) is 1. The van der Waals surface area contributed by atoms with E-state index < -0.39 is 5.97 Å². The molecule has 1 aromatic rings. The van der Waals surface area contributed by atoms with Gasteiger partial charge in [-0.15, -0.1) is 0 Å². The monoisotopic (exact) mass is 280 g/mol. The second-order valence-corrected chi connectivity index (χ2v) is 5.40. The lowest BCUT2D eigenvalue weighted by molar-refractivity contribution is 0.0599. The third-order valence-corrected chi connectivity index (χ3v) is 3.27. The molecule has 0 radical (unpaired) electrons. The van der Waals surface area contributed by atoms with Crippen molar-refractivity contribution in [2.24, 2.45) is 5.92 Å². The van der Waals surface area contributed by atoms with Crippen molar-refractivity contribution >= 4 is 11.9 Å². The van der Waals surface area contributed by atoms with E-state index in [-0.39, 0.29) is 5.91 Å². The van der Waals surface area contributed by atoms with Crippen LogP contribution in [0.1, 0.15) is 52.9 Å². The first-order valence-electron chi connectivity index (χ1n) is 6.88. The summed E-state index contributed by atoms with van der Waals surface area (Å²) in [5.41, 5.74) is 2.37. The molecular formula is C15H24N2O3. The van der Waals surface area contributed by atoms with Gasteiger partial charge in [0.1, 0.15) is 5.69 Å². The van der Waals surface area contributed by atoms with Crippen LogP contribution in [0.5, 0.6) is 0 Å². The minimum atomic E-state index is -0.402. The molecular weight excluding hydrogens is 256 g/mol. The molecule has 5 nitrogen and oxygen atoms in total. The average molecular weight is 280 g/mol. The van der Waals surface area contributed by atoms with Gasteiger partial charge in [-0.05, 0) is 24.8 Å². The summed E-state index contributed by atoms with van der Waals surface area (Å²) >= 11 is 0. The second kappa shape index (κ2) is 6.59. The van der Waals surface area contributed by atoms with E-state index in [0.29, 0.717) is 35.7 Å². The van der Waals surface area contributed by atoms with Crippen LogP contribution in [0.4, 0.5) is 0 Å². The molecule has 0 unspecified atom stereocenters. The number of methoxy groups -OCH3 is 1. The molecule has 0 aromatic carbocycles. The van der Waals surface area contributed by atoms with Crippen LogP contribution >= 0.6 is 0 Å². The van der Waals surface area contributed by atoms with Gasteiger partial charge in [-0.1, -0.05) is 20.8 Å². The molecule has 0 spiro atoms. The Morgan fingerprint density at radius 2 is 1.95 bits per heavy atom. The summed E-state index contributed by atoms with van der Waals surface area (Å²) in [5, 5.41) is 0. The fourth-order valence-corrected chi connectivity index (χ4v) is 2.34. The predicted molar refractivity (Wildman–Crippen MR) is 78.0 cm³/mol. The van der Waals surface area contributed by atoms with Gasteiger partial charge in [0.2, 0.25) is 0 Å². The van der Waals surface area contributed by atoms with E-state index in [1.807, 2.05) is 6.92 Å². The molecule has 1 aromatic heterocycles. The molecule has 1 amide bonds. The lowest BCUT2D eigenvalue weighted by Gasteiger charge is -2.19. The van der Waals surface area contributed by atoms with Crippen LogP contribution < -0.4 is 0 Å². The topological polar surface area (TPSA) is 62.4 Å². The van der Waals surface area contributed by atoms with Gasteiger partial charge in [-0.2, -0.15) is 0 Å². The number of aromatic nitrogens is 1. The van der Waals surface area contributed by atoms with Crippen molar-refractivity contribution in [2.45, 2.75) is 34.1 Å². The van der Waals surface area contributed by atoms with E-state index in [1.54, 1.807) is 18.9 Å². The third-order valence-electron chi connectivity index (χ3n) is 3.27. The number of esters is 1. The van der Waals surface area contributed by atoms with Crippen LogP contribution in [0.15, 0.2) is 0 Å². The number of hydrogen-bond donors (Lipinski definition) is 1. The zero-order valence-electron chi connectivity index (χ0n) is 13.2. The first-order chi connectivity index (χ1) is 9.33. The SMILES string of the molecule is CCc1[nH]c(C(=O)N(C)CC(C)C)c(C)c1C(=O)OC. The molecule has 0 saturated carbocycles. The normalized spacial score (nSPS) is 10.8. The number of rotatable bonds is 5. The van der Waals surface area contributed by atoms with Gasteiger partial charge in [-0.25, -0.2) is 4.79 Å². The summed E-state index contributed by atoms with van der Waals surface area (Å²) < 4.78 is 4.79. The van der Waals surface area contributed by atoms with Crippen molar-refractivity contribution < 1.29 is 14.3 Å². The van der Waals surface area contributed by atoms with E-state index in [2.05, 4.69) is 18.8 Å². The fourth-order valence-electron chi connectivity index (χ4n) is 2.34. The van der Waals surface area contributed by atoms with Crippen LogP contribution in [0.2, 0.25) is 0 Å². The summed E-state index contributed by atoms with van der Waals surface area (Å²) in [6.07, 6.45) is 0.645. The van der Waals surface area contributed by atoms with E-state index in [4.69, 9.17) is 4.74 Å². The molecule has 0 aliphatic heterocycles. The minimum Gasteiger partial charge on any atom is -0.465 e. The number of hydrogen-bond acceptors (Lipinski definition) is 3. The zero-order valence-corrected chi connectivity index (χ0v) is 13.2. The summed E-state index contributed by atoms with van der Waals surface area (Å²) in [5.74, 6) is -0.104. The van der Waals surface area contributed by atoms with Crippen molar-refractivity contribution in [1.29, 1.82) is 0 Å². The van der Waals surface area contributed by atoms with Gasteiger partial charge in [0.05, 0.1) is 12.7 Å². The summed E-state index contributed by atoms with van der Waals surface area (Å²) in [6.45, 7) is 8.50. The minimum absolute atomic E-state index is 0.0962. The number of H-pyrrole nitrogens is 1. The highest BCUT2D eigenvalue weighted by molar-refractivity contribution is 6.00. The van der Waals surface area contributed by atoms with E-state index >= 15 is 0 Å². The van der Waals surface area contributed by atoms with Gasteiger partial charge < -0.3 is 14.6 Å². The summed E-state index contributed by atoms with van der Waals surface area (Å²) in [6, 6.07) is 0. The Morgan fingerprint density at radius 3 is 2.40 bits per heavy atom. The van der Waals surface area contributed by atoms with Crippen molar-refractivity contribution in [3.05, 3.63) is 22.5 Å². The first-order valence-corrected chi connectivity index (χ1v) is 6.88. The number of amides is 1. The Morgan fingerprint density at radius 1 is 1.35 bits per heavy atom. The maximum absolute atomic E-state index is 12.4.